The molecule has 1 aliphatic rings. The van der Waals surface area contributed by atoms with Crippen molar-refractivity contribution >= 4 is 46.4 Å². The number of benzene rings is 3. The van der Waals surface area contributed by atoms with E-state index in [9.17, 15) is 19.2 Å². The van der Waals surface area contributed by atoms with Crippen LogP contribution in [0, 0.1) is 0 Å². The number of furan rings is 1. The van der Waals surface area contributed by atoms with Crippen LogP contribution in [0.15, 0.2) is 77.2 Å². The summed E-state index contributed by atoms with van der Waals surface area (Å²) in [6.45, 7) is 4.72. The number of ether oxygens (including phenoxy) is 6. The summed E-state index contributed by atoms with van der Waals surface area (Å²) in [5.74, 6) is -1.30. The van der Waals surface area contributed by atoms with E-state index in [0.29, 0.717) is 28.5 Å². The Balaban J connectivity index is 1.38. The fourth-order valence-electron chi connectivity index (χ4n) is 5.59. The number of hydrogen-bond donors (Lipinski definition) is 0. The van der Waals surface area contributed by atoms with Gasteiger partial charge in [-0.2, -0.15) is 0 Å². The number of hydrogen-bond acceptors (Lipinski definition) is 11. The molecule has 1 aliphatic heterocycles. The summed E-state index contributed by atoms with van der Waals surface area (Å²) in [4.78, 5) is 48.2. The third kappa shape index (κ3) is 8.72. The zero-order chi connectivity index (χ0) is 34.4. The fourth-order valence-corrected chi connectivity index (χ4v) is 5.77. The first-order valence-corrected chi connectivity index (χ1v) is 15.6. The van der Waals surface area contributed by atoms with Crippen LogP contribution in [0.4, 0.5) is 0 Å². The average Bonchev–Trinajstić information content (AvgIpc) is 3.45. The van der Waals surface area contributed by atoms with Crippen LogP contribution in [0.1, 0.15) is 56.2 Å². The van der Waals surface area contributed by atoms with Crippen molar-refractivity contribution in [1.29, 1.82) is 0 Å². The minimum absolute atomic E-state index is 0.276. The molecule has 1 fully saturated rings. The minimum atomic E-state index is -1.28. The molecule has 0 saturated carbocycles. The molecule has 2 heterocycles. The summed E-state index contributed by atoms with van der Waals surface area (Å²) in [6.07, 6.45) is -5.39. The highest BCUT2D eigenvalue weighted by Gasteiger charge is 2.52. The second kappa shape index (κ2) is 15.4. The third-order valence-corrected chi connectivity index (χ3v) is 7.93. The first-order valence-electron chi connectivity index (χ1n) is 15.2. The first-order chi connectivity index (χ1) is 23.0. The highest BCUT2D eigenvalue weighted by molar-refractivity contribution is 6.31. The maximum absolute atomic E-state index is 12.3. The number of esters is 4. The van der Waals surface area contributed by atoms with E-state index in [0.717, 1.165) is 22.1 Å². The van der Waals surface area contributed by atoms with Gasteiger partial charge in [-0.3, -0.25) is 19.2 Å². The normalized spacial score (nSPS) is 20.5. The summed E-state index contributed by atoms with van der Waals surface area (Å²) in [6, 6.07) is 22.4. The summed E-state index contributed by atoms with van der Waals surface area (Å²) in [5.41, 5.74) is 3.01. The molecular formula is C36H35ClO11. The zero-order valence-corrected chi connectivity index (χ0v) is 27.6. The van der Waals surface area contributed by atoms with Crippen LogP contribution in [0.2, 0.25) is 5.02 Å². The molecule has 0 spiro atoms. The predicted octanol–water partition coefficient (Wildman–Crippen LogP) is 6.05. The molecule has 1 aromatic heterocycles. The number of fused-ring (bicyclic) bond motifs is 1. The molecule has 12 heteroatoms. The van der Waals surface area contributed by atoms with Gasteiger partial charge in [-0.05, 0) is 53.4 Å². The van der Waals surface area contributed by atoms with Gasteiger partial charge in [0.2, 0.25) is 0 Å². The van der Waals surface area contributed by atoms with E-state index < -0.39 is 54.4 Å². The summed E-state index contributed by atoms with van der Waals surface area (Å²) < 4.78 is 40.0. The molecule has 11 nitrogen and oxygen atoms in total. The lowest BCUT2D eigenvalue weighted by atomic mass is 9.89. The molecule has 4 aromatic rings. The van der Waals surface area contributed by atoms with Crippen LogP contribution in [-0.2, 0) is 55.9 Å². The van der Waals surface area contributed by atoms with E-state index >= 15 is 0 Å². The van der Waals surface area contributed by atoms with Crippen molar-refractivity contribution in [2.45, 2.75) is 71.2 Å². The lowest BCUT2D eigenvalue weighted by Gasteiger charge is -2.44. The molecular weight excluding hydrogens is 644 g/mol. The highest BCUT2D eigenvalue weighted by atomic mass is 35.5. The van der Waals surface area contributed by atoms with E-state index in [1.165, 1.54) is 27.7 Å². The van der Waals surface area contributed by atoms with E-state index in [1.807, 2.05) is 54.6 Å². The number of carbonyl (C=O) groups is 4. The Labute approximate surface area is 281 Å². The lowest BCUT2D eigenvalue weighted by Crippen LogP contribution is -2.59. The summed E-state index contributed by atoms with van der Waals surface area (Å²) >= 11 is 6.63. The van der Waals surface area contributed by atoms with Gasteiger partial charge < -0.3 is 32.8 Å². The zero-order valence-electron chi connectivity index (χ0n) is 26.8. The average molecular weight is 679 g/mol. The molecule has 0 unspecified atom stereocenters. The Morgan fingerprint density at radius 1 is 0.750 bits per heavy atom. The first kappa shape index (κ1) is 34.5. The van der Waals surface area contributed by atoms with Gasteiger partial charge in [0.15, 0.2) is 18.3 Å². The van der Waals surface area contributed by atoms with Crippen LogP contribution >= 0.6 is 11.6 Å². The Morgan fingerprint density at radius 2 is 1.42 bits per heavy atom. The van der Waals surface area contributed by atoms with Gasteiger partial charge in [0, 0.05) is 38.1 Å². The van der Waals surface area contributed by atoms with Crippen LogP contribution in [0.5, 0.6) is 5.75 Å². The molecule has 0 radical (unpaired) electrons. The summed E-state index contributed by atoms with van der Waals surface area (Å²) in [5, 5.41) is 1.49. The molecule has 5 atom stereocenters. The number of halogens is 1. The van der Waals surface area contributed by atoms with E-state index in [4.69, 9.17) is 44.4 Å². The van der Waals surface area contributed by atoms with Crippen molar-refractivity contribution in [3.8, 4) is 5.75 Å². The molecule has 252 valence electrons. The largest absolute Gasteiger partial charge is 0.486 e. The van der Waals surface area contributed by atoms with Gasteiger partial charge in [-0.1, -0.05) is 54.1 Å². The van der Waals surface area contributed by atoms with Gasteiger partial charge in [0.05, 0.1) is 0 Å². The molecule has 0 aliphatic carbocycles. The molecule has 1 saturated heterocycles. The topological polar surface area (TPSA) is 137 Å². The number of rotatable bonds is 11. The van der Waals surface area contributed by atoms with Gasteiger partial charge in [-0.15, -0.1) is 0 Å². The Kier molecular flexibility index (Phi) is 11.0. The van der Waals surface area contributed by atoms with Gasteiger partial charge >= 0.3 is 23.9 Å². The SMILES string of the molecule is CC(=O)OC[C@H]1O[C@@H](c2ccc(Cl)c(Cc3ccc(OCc4cc5ccccc5o4)cc3)c2)[C@H](OC(C)=O)[C@@H](OC(C)=O)[C@@H]1OC(C)=O. The molecule has 0 N–H and O–H groups in total. The second-order valence-electron chi connectivity index (χ2n) is 11.3. The van der Waals surface area contributed by atoms with Crippen LogP contribution in [0.3, 0.4) is 0 Å². The third-order valence-electron chi connectivity index (χ3n) is 7.56. The van der Waals surface area contributed by atoms with Gasteiger partial charge in [-0.25, -0.2) is 0 Å². The Hall–Kier alpha value is -4.87. The highest BCUT2D eigenvalue weighted by Crippen LogP contribution is 2.39. The minimum Gasteiger partial charge on any atom is -0.486 e. The van der Waals surface area contributed by atoms with Crippen molar-refractivity contribution in [1.82, 2.24) is 0 Å². The molecule has 3 aromatic carbocycles. The molecule has 0 bridgehead atoms. The second-order valence-corrected chi connectivity index (χ2v) is 11.7. The van der Waals surface area contributed by atoms with Crippen molar-refractivity contribution in [3.05, 3.63) is 100 Å². The number of carbonyl (C=O) groups excluding carboxylic acids is 4. The van der Waals surface area contributed by atoms with Crippen LogP contribution in [-0.4, -0.2) is 54.9 Å². The fraction of sp³-hybridized carbons (Fsp3) is 0.333. The Bertz CT molecular complexity index is 1750. The maximum Gasteiger partial charge on any atom is 0.303 e. The predicted molar refractivity (Wildman–Crippen MR) is 172 cm³/mol. The summed E-state index contributed by atoms with van der Waals surface area (Å²) in [7, 11) is 0. The molecule has 5 rings (SSSR count). The van der Waals surface area contributed by atoms with Crippen LogP contribution in [0.25, 0.3) is 11.0 Å². The molecule has 0 amide bonds. The van der Waals surface area contributed by atoms with Crippen molar-refractivity contribution in [2.75, 3.05) is 6.61 Å². The van der Waals surface area contributed by atoms with E-state index in [-0.39, 0.29) is 13.2 Å². The molecule has 48 heavy (non-hydrogen) atoms. The van der Waals surface area contributed by atoms with Gasteiger partial charge in [0.25, 0.3) is 0 Å². The Morgan fingerprint density at radius 3 is 2.08 bits per heavy atom. The monoisotopic (exact) mass is 678 g/mol. The van der Waals surface area contributed by atoms with Crippen molar-refractivity contribution in [2.24, 2.45) is 0 Å². The maximum atomic E-state index is 12.3. The van der Waals surface area contributed by atoms with Gasteiger partial charge in [0.1, 0.15) is 42.5 Å². The van der Waals surface area contributed by atoms with Crippen LogP contribution < -0.4 is 4.74 Å². The standard InChI is InChI=1S/C36H35ClO11/c1-20(38)42-19-32-34(44-21(2)39)36(46-23(4)41)35(45-22(3)40)33(48-32)26-11-14-30(37)27(16-26)15-24-9-12-28(13-10-24)43-18-29-17-25-7-5-6-8-31(25)47-29/h5-14,16-17,32-36H,15,18-19H2,1-4H3/t32-,33+,34-,35+,36+/m1/s1. The van der Waals surface area contributed by atoms with E-state index in [2.05, 4.69) is 0 Å². The van der Waals surface area contributed by atoms with E-state index in [1.54, 1.807) is 18.2 Å². The smallest absolute Gasteiger partial charge is 0.303 e. The lowest BCUT2D eigenvalue weighted by molar-refractivity contribution is -0.254. The van der Waals surface area contributed by atoms with Crippen molar-refractivity contribution < 1.29 is 52.0 Å². The van der Waals surface area contributed by atoms with Crippen molar-refractivity contribution in [3.63, 3.8) is 0 Å². The number of para-hydroxylation sites is 1. The quantitative estimate of drug-likeness (QED) is 0.135.